The largest absolute Gasteiger partial charge is 0.394 e. The molecule has 7 nitrogen and oxygen atoms in total. The monoisotopic (exact) mass is 303 g/mol. The van der Waals surface area contributed by atoms with E-state index in [9.17, 15) is 25.2 Å². The molecule has 0 bridgehead atoms. The summed E-state index contributed by atoms with van der Waals surface area (Å²) >= 11 is 0. The second-order valence-corrected chi connectivity index (χ2v) is 6.47. The molecule has 122 valence electrons. The van der Waals surface area contributed by atoms with Gasteiger partial charge >= 0.3 is 0 Å². The van der Waals surface area contributed by atoms with Crippen LogP contribution < -0.4 is 0 Å². The zero-order chi connectivity index (χ0) is 15.7. The molecule has 7 heteroatoms. The molecule has 4 N–H and O–H groups in total. The van der Waals surface area contributed by atoms with Crippen molar-refractivity contribution >= 4 is 5.91 Å². The Morgan fingerprint density at radius 3 is 2.48 bits per heavy atom. The van der Waals surface area contributed by atoms with Gasteiger partial charge in [0.2, 0.25) is 5.91 Å². The molecule has 0 radical (unpaired) electrons. The summed E-state index contributed by atoms with van der Waals surface area (Å²) in [6.07, 6.45) is -4.93. The van der Waals surface area contributed by atoms with Crippen LogP contribution in [0.4, 0.5) is 0 Å². The van der Waals surface area contributed by atoms with Crippen LogP contribution in [0.3, 0.4) is 0 Å². The number of aliphatic hydroxyl groups is 4. The van der Waals surface area contributed by atoms with Gasteiger partial charge in [-0.3, -0.25) is 4.79 Å². The number of aliphatic hydroxyl groups excluding tert-OH is 4. The van der Waals surface area contributed by atoms with E-state index in [-0.39, 0.29) is 11.8 Å². The minimum Gasteiger partial charge on any atom is -0.394 e. The van der Waals surface area contributed by atoms with Crippen LogP contribution in [-0.4, -0.2) is 75.0 Å². The van der Waals surface area contributed by atoms with Gasteiger partial charge in [-0.2, -0.15) is 0 Å². The van der Waals surface area contributed by atoms with Gasteiger partial charge in [0.1, 0.15) is 24.4 Å². The first kappa shape index (κ1) is 16.6. The average molecular weight is 303 g/mol. The van der Waals surface area contributed by atoms with Crippen LogP contribution in [0, 0.1) is 11.8 Å². The SMILES string of the molecule is CC(C)C[C@H]1CC(=O)N(C2OC(CO)[C@H](O)[C@H](O)[C@H]2O)C1. The maximum absolute atomic E-state index is 12.1. The lowest BCUT2D eigenvalue weighted by Crippen LogP contribution is -2.63. The number of carbonyl (C=O) groups is 1. The third-order valence-corrected chi connectivity index (χ3v) is 4.22. The van der Waals surface area contributed by atoms with E-state index in [1.165, 1.54) is 4.90 Å². The Bertz CT molecular complexity index is 374. The fraction of sp³-hybridized carbons (Fsp3) is 0.929. The molecule has 0 saturated carbocycles. The Balaban J connectivity index is 2.08. The van der Waals surface area contributed by atoms with E-state index in [0.29, 0.717) is 18.9 Å². The molecule has 0 aromatic carbocycles. The lowest BCUT2D eigenvalue weighted by atomic mass is 9.96. The Hall–Kier alpha value is -0.730. The Morgan fingerprint density at radius 2 is 1.90 bits per heavy atom. The van der Waals surface area contributed by atoms with Crippen LogP contribution in [0.1, 0.15) is 26.7 Å². The summed E-state index contributed by atoms with van der Waals surface area (Å²) in [7, 11) is 0. The standard InChI is InChI=1S/C14H25NO6/c1-7(2)3-8-4-10(17)15(5-8)14-13(20)12(19)11(18)9(6-16)21-14/h7-9,11-14,16,18-20H,3-6H2,1-2H3/t8-,9?,11-,12-,13+,14?/m0/s1. The molecule has 2 aliphatic heterocycles. The van der Waals surface area contributed by atoms with Crippen molar-refractivity contribution in [2.24, 2.45) is 11.8 Å². The minimum atomic E-state index is -1.45. The molecule has 2 heterocycles. The molecule has 2 rings (SSSR count). The van der Waals surface area contributed by atoms with Gasteiger partial charge in [-0.25, -0.2) is 0 Å². The maximum Gasteiger partial charge on any atom is 0.225 e. The van der Waals surface area contributed by atoms with E-state index in [1.54, 1.807) is 0 Å². The van der Waals surface area contributed by atoms with Crippen molar-refractivity contribution in [3.8, 4) is 0 Å². The van der Waals surface area contributed by atoms with E-state index in [2.05, 4.69) is 13.8 Å². The molecule has 0 spiro atoms. The average Bonchev–Trinajstić information content (AvgIpc) is 2.76. The number of ether oxygens (including phenoxy) is 1. The van der Waals surface area contributed by atoms with Gasteiger partial charge in [-0.1, -0.05) is 13.8 Å². The number of nitrogens with zero attached hydrogens (tertiary/aromatic N) is 1. The first-order valence-electron chi connectivity index (χ1n) is 7.45. The molecule has 0 aliphatic carbocycles. The van der Waals surface area contributed by atoms with Crippen molar-refractivity contribution in [2.75, 3.05) is 13.2 Å². The van der Waals surface area contributed by atoms with E-state index >= 15 is 0 Å². The predicted octanol–water partition coefficient (Wildman–Crippen LogP) is -1.32. The normalized spacial score (nSPS) is 41.1. The molecule has 0 aromatic rings. The lowest BCUT2D eigenvalue weighted by Gasteiger charge is -2.43. The first-order valence-corrected chi connectivity index (χ1v) is 7.45. The Labute approximate surface area is 124 Å². The summed E-state index contributed by atoms with van der Waals surface area (Å²) in [4.78, 5) is 13.5. The topological polar surface area (TPSA) is 110 Å². The zero-order valence-corrected chi connectivity index (χ0v) is 12.4. The quantitative estimate of drug-likeness (QED) is 0.513. The van der Waals surface area contributed by atoms with Crippen molar-refractivity contribution in [1.29, 1.82) is 0 Å². The van der Waals surface area contributed by atoms with E-state index in [1.807, 2.05) is 0 Å². The predicted molar refractivity (Wildman–Crippen MR) is 73.0 cm³/mol. The highest BCUT2D eigenvalue weighted by atomic mass is 16.6. The lowest BCUT2D eigenvalue weighted by molar-refractivity contribution is -0.260. The molecule has 0 aromatic heterocycles. The summed E-state index contributed by atoms with van der Waals surface area (Å²) < 4.78 is 5.43. The number of amides is 1. The summed E-state index contributed by atoms with van der Waals surface area (Å²) in [6.45, 7) is 4.14. The van der Waals surface area contributed by atoms with Gasteiger partial charge in [0.15, 0.2) is 6.23 Å². The number of rotatable bonds is 4. The zero-order valence-electron chi connectivity index (χ0n) is 12.4. The van der Waals surface area contributed by atoms with Crippen LogP contribution in [0.25, 0.3) is 0 Å². The van der Waals surface area contributed by atoms with E-state index < -0.39 is 37.3 Å². The van der Waals surface area contributed by atoms with Gasteiger partial charge < -0.3 is 30.1 Å². The van der Waals surface area contributed by atoms with Crippen LogP contribution in [0.5, 0.6) is 0 Å². The molecule has 2 unspecified atom stereocenters. The van der Waals surface area contributed by atoms with Crippen molar-refractivity contribution in [3.05, 3.63) is 0 Å². The second kappa shape index (κ2) is 6.58. The van der Waals surface area contributed by atoms with Gasteiger partial charge in [-0.15, -0.1) is 0 Å². The van der Waals surface area contributed by atoms with Crippen LogP contribution in [0.15, 0.2) is 0 Å². The molecule has 2 aliphatic rings. The van der Waals surface area contributed by atoms with Crippen LogP contribution >= 0.6 is 0 Å². The summed E-state index contributed by atoms with van der Waals surface area (Å²) in [5.74, 6) is 0.535. The fourth-order valence-corrected chi connectivity index (χ4v) is 3.22. The highest BCUT2D eigenvalue weighted by Gasteiger charge is 2.48. The summed E-state index contributed by atoms with van der Waals surface area (Å²) in [6, 6.07) is 0. The third-order valence-electron chi connectivity index (χ3n) is 4.22. The number of hydrogen-bond donors (Lipinski definition) is 4. The molecule has 2 fully saturated rings. The Kier molecular flexibility index (Phi) is 5.21. The van der Waals surface area contributed by atoms with Crippen molar-refractivity contribution < 1.29 is 30.0 Å². The van der Waals surface area contributed by atoms with Gasteiger partial charge in [0, 0.05) is 13.0 Å². The van der Waals surface area contributed by atoms with Crippen LogP contribution in [-0.2, 0) is 9.53 Å². The number of carbonyl (C=O) groups excluding carboxylic acids is 1. The number of likely N-dealkylation sites (tertiary alicyclic amines) is 1. The molecule has 21 heavy (non-hydrogen) atoms. The summed E-state index contributed by atoms with van der Waals surface area (Å²) in [5, 5.41) is 38.8. The molecular formula is C14H25NO6. The fourth-order valence-electron chi connectivity index (χ4n) is 3.22. The van der Waals surface area contributed by atoms with Crippen LogP contribution in [0.2, 0.25) is 0 Å². The van der Waals surface area contributed by atoms with E-state index in [4.69, 9.17) is 4.74 Å². The highest BCUT2D eigenvalue weighted by molar-refractivity contribution is 5.78. The third kappa shape index (κ3) is 3.37. The molecule has 2 saturated heterocycles. The number of hydrogen-bond acceptors (Lipinski definition) is 6. The molecule has 6 atom stereocenters. The maximum atomic E-state index is 12.1. The van der Waals surface area contributed by atoms with Gasteiger partial charge in [-0.05, 0) is 18.3 Å². The smallest absolute Gasteiger partial charge is 0.225 e. The van der Waals surface area contributed by atoms with Gasteiger partial charge in [0.05, 0.1) is 6.61 Å². The van der Waals surface area contributed by atoms with Crippen molar-refractivity contribution in [3.63, 3.8) is 0 Å². The molecular weight excluding hydrogens is 278 g/mol. The highest BCUT2D eigenvalue weighted by Crippen LogP contribution is 2.31. The summed E-state index contributed by atoms with van der Waals surface area (Å²) in [5.41, 5.74) is 0. The molecule has 1 amide bonds. The van der Waals surface area contributed by atoms with Crippen molar-refractivity contribution in [2.45, 2.75) is 57.3 Å². The first-order chi connectivity index (χ1) is 9.85. The van der Waals surface area contributed by atoms with Crippen molar-refractivity contribution in [1.82, 2.24) is 4.90 Å². The Morgan fingerprint density at radius 1 is 1.24 bits per heavy atom. The minimum absolute atomic E-state index is 0.134. The van der Waals surface area contributed by atoms with Gasteiger partial charge in [0.25, 0.3) is 0 Å². The van der Waals surface area contributed by atoms with E-state index in [0.717, 1.165) is 6.42 Å². The second-order valence-electron chi connectivity index (χ2n) is 6.47.